The van der Waals surface area contributed by atoms with Crippen molar-refractivity contribution in [3.63, 3.8) is 0 Å². The average molecular weight is 323 g/mol. The second-order valence-corrected chi connectivity index (χ2v) is 6.13. The first kappa shape index (κ1) is 16.2. The van der Waals surface area contributed by atoms with Crippen molar-refractivity contribution in [3.05, 3.63) is 59.9 Å². The Bertz CT molecular complexity index is 730. The van der Waals surface area contributed by atoms with E-state index < -0.39 is 0 Å². The van der Waals surface area contributed by atoms with Crippen LogP contribution in [0.3, 0.4) is 0 Å². The van der Waals surface area contributed by atoms with E-state index in [9.17, 15) is 9.59 Å². The number of hydrogen-bond donors (Lipinski definition) is 2. The van der Waals surface area contributed by atoms with Crippen LogP contribution in [0.5, 0.6) is 0 Å². The van der Waals surface area contributed by atoms with Gasteiger partial charge in [-0.15, -0.1) is 0 Å². The Balaban J connectivity index is 1.52. The maximum Gasteiger partial charge on any atom is 0.227 e. The van der Waals surface area contributed by atoms with E-state index in [2.05, 4.69) is 15.6 Å². The molecule has 5 nitrogen and oxygen atoms in total. The molecule has 1 aliphatic heterocycles. The number of rotatable bonds is 5. The highest BCUT2D eigenvalue weighted by atomic mass is 16.2. The molecule has 0 bridgehead atoms. The molecule has 0 radical (unpaired) electrons. The molecule has 2 amide bonds. The zero-order chi connectivity index (χ0) is 16.9. The van der Waals surface area contributed by atoms with Gasteiger partial charge in [-0.2, -0.15) is 0 Å². The van der Waals surface area contributed by atoms with Crippen LogP contribution in [0, 0.1) is 5.92 Å². The molecule has 0 saturated heterocycles. The molecule has 3 rings (SSSR count). The Morgan fingerprint density at radius 3 is 2.88 bits per heavy atom. The van der Waals surface area contributed by atoms with Gasteiger partial charge in [-0.05, 0) is 43.5 Å². The molecule has 1 aliphatic rings. The summed E-state index contributed by atoms with van der Waals surface area (Å²) < 4.78 is 0. The fourth-order valence-electron chi connectivity index (χ4n) is 2.97. The van der Waals surface area contributed by atoms with Crippen LogP contribution in [-0.2, 0) is 16.0 Å². The van der Waals surface area contributed by atoms with Crippen molar-refractivity contribution in [2.75, 3.05) is 5.32 Å². The SMILES string of the molecule is C[C@H](NC(=O)CC[C@@H]1Cc2ccccc2NC1=O)c1ccccn1. The molecular formula is C19H21N3O2. The van der Waals surface area contributed by atoms with Crippen LogP contribution in [0.4, 0.5) is 5.69 Å². The predicted molar refractivity (Wildman–Crippen MR) is 92.3 cm³/mol. The van der Waals surface area contributed by atoms with Crippen LogP contribution in [0.15, 0.2) is 48.7 Å². The highest BCUT2D eigenvalue weighted by Crippen LogP contribution is 2.27. The van der Waals surface area contributed by atoms with Gasteiger partial charge in [0.1, 0.15) is 0 Å². The molecule has 0 saturated carbocycles. The minimum atomic E-state index is -0.157. The van der Waals surface area contributed by atoms with E-state index in [0.29, 0.717) is 19.3 Å². The molecule has 5 heteroatoms. The summed E-state index contributed by atoms with van der Waals surface area (Å²) in [6, 6.07) is 13.3. The summed E-state index contributed by atoms with van der Waals surface area (Å²) in [6.07, 6.45) is 3.27. The largest absolute Gasteiger partial charge is 0.348 e. The number of anilines is 1. The van der Waals surface area contributed by atoms with E-state index in [0.717, 1.165) is 16.9 Å². The van der Waals surface area contributed by atoms with Crippen molar-refractivity contribution in [1.82, 2.24) is 10.3 Å². The number of carbonyl (C=O) groups is 2. The second kappa shape index (κ2) is 7.25. The number of nitrogens with zero attached hydrogens (tertiary/aromatic N) is 1. The molecule has 2 N–H and O–H groups in total. The molecule has 124 valence electrons. The van der Waals surface area contributed by atoms with Gasteiger partial charge < -0.3 is 10.6 Å². The van der Waals surface area contributed by atoms with Crippen LogP contribution in [-0.4, -0.2) is 16.8 Å². The van der Waals surface area contributed by atoms with E-state index in [4.69, 9.17) is 0 Å². The first-order chi connectivity index (χ1) is 11.6. The number of nitrogens with one attached hydrogen (secondary N) is 2. The van der Waals surface area contributed by atoms with Gasteiger partial charge in [0.25, 0.3) is 0 Å². The zero-order valence-corrected chi connectivity index (χ0v) is 13.7. The normalized spacial score (nSPS) is 17.5. The smallest absolute Gasteiger partial charge is 0.227 e. The lowest BCUT2D eigenvalue weighted by Crippen LogP contribution is -2.32. The van der Waals surface area contributed by atoms with Crippen LogP contribution in [0.25, 0.3) is 0 Å². The third-order valence-electron chi connectivity index (χ3n) is 4.34. The number of amides is 2. The third-order valence-corrected chi connectivity index (χ3v) is 4.34. The van der Waals surface area contributed by atoms with Gasteiger partial charge in [-0.1, -0.05) is 24.3 Å². The Morgan fingerprint density at radius 2 is 2.08 bits per heavy atom. The lowest BCUT2D eigenvalue weighted by Gasteiger charge is -2.24. The Morgan fingerprint density at radius 1 is 1.29 bits per heavy atom. The molecule has 0 spiro atoms. The quantitative estimate of drug-likeness (QED) is 0.889. The fourth-order valence-corrected chi connectivity index (χ4v) is 2.97. The second-order valence-electron chi connectivity index (χ2n) is 6.13. The molecule has 1 aromatic carbocycles. The molecule has 1 aromatic heterocycles. The highest BCUT2D eigenvalue weighted by molar-refractivity contribution is 5.96. The molecule has 0 aliphatic carbocycles. The van der Waals surface area contributed by atoms with E-state index in [1.165, 1.54) is 0 Å². The summed E-state index contributed by atoms with van der Waals surface area (Å²) in [4.78, 5) is 28.6. The van der Waals surface area contributed by atoms with Crippen molar-refractivity contribution in [2.45, 2.75) is 32.2 Å². The van der Waals surface area contributed by atoms with Crippen molar-refractivity contribution in [2.24, 2.45) is 5.92 Å². The van der Waals surface area contributed by atoms with Gasteiger partial charge >= 0.3 is 0 Å². The van der Waals surface area contributed by atoms with Crippen molar-refractivity contribution in [1.29, 1.82) is 0 Å². The number of para-hydroxylation sites is 1. The molecule has 2 aromatic rings. The molecule has 2 heterocycles. The van der Waals surface area contributed by atoms with Gasteiger partial charge in [-0.25, -0.2) is 0 Å². The van der Waals surface area contributed by atoms with Crippen molar-refractivity contribution >= 4 is 17.5 Å². The number of benzene rings is 1. The predicted octanol–water partition coefficient (Wildman–Crippen LogP) is 2.85. The third kappa shape index (κ3) is 3.79. The van der Waals surface area contributed by atoms with Gasteiger partial charge in [0, 0.05) is 24.2 Å². The van der Waals surface area contributed by atoms with Gasteiger partial charge in [0.2, 0.25) is 11.8 Å². The monoisotopic (exact) mass is 323 g/mol. The van der Waals surface area contributed by atoms with Gasteiger partial charge in [-0.3, -0.25) is 14.6 Å². The van der Waals surface area contributed by atoms with E-state index >= 15 is 0 Å². The fraction of sp³-hybridized carbons (Fsp3) is 0.316. The van der Waals surface area contributed by atoms with Crippen molar-refractivity contribution < 1.29 is 9.59 Å². The number of fused-ring (bicyclic) bond motifs is 1. The number of carbonyl (C=O) groups excluding carboxylic acids is 2. The van der Waals surface area contributed by atoms with E-state index in [1.807, 2.05) is 49.4 Å². The van der Waals surface area contributed by atoms with E-state index in [1.54, 1.807) is 6.20 Å². The van der Waals surface area contributed by atoms with Gasteiger partial charge in [0.15, 0.2) is 0 Å². The first-order valence-corrected chi connectivity index (χ1v) is 8.22. The minimum absolute atomic E-state index is 0.000672. The summed E-state index contributed by atoms with van der Waals surface area (Å²) in [5.41, 5.74) is 2.84. The van der Waals surface area contributed by atoms with Crippen LogP contribution in [0.1, 0.15) is 37.1 Å². The maximum atomic E-state index is 12.2. The summed E-state index contributed by atoms with van der Waals surface area (Å²) in [5.74, 6) is -0.213. The van der Waals surface area contributed by atoms with Crippen molar-refractivity contribution in [3.8, 4) is 0 Å². The topological polar surface area (TPSA) is 71.1 Å². The Hall–Kier alpha value is -2.69. The summed E-state index contributed by atoms with van der Waals surface area (Å²) >= 11 is 0. The van der Waals surface area contributed by atoms with Crippen LogP contribution < -0.4 is 10.6 Å². The highest BCUT2D eigenvalue weighted by Gasteiger charge is 2.26. The Labute approximate surface area is 141 Å². The van der Waals surface area contributed by atoms with E-state index in [-0.39, 0.29) is 23.8 Å². The Kier molecular flexibility index (Phi) is 4.89. The average Bonchev–Trinajstić information content (AvgIpc) is 2.60. The molecule has 0 fully saturated rings. The zero-order valence-electron chi connectivity index (χ0n) is 13.7. The lowest BCUT2D eigenvalue weighted by atomic mass is 9.89. The molecular weight excluding hydrogens is 302 g/mol. The molecule has 24 heavy (non-hydrogen) atoms. The first-order valence-electron chi connectivity index (χ1n) is 8.22. The van der Waals surface area contributed by atoms with Crippen LogP contribution in [0.2, 0.25) is 0 Å². The maximum absolute atomic E-state index is 12.2. The number of hydrogen-bond acceptors (Lipinski definition) is 3. The molecule has 2 atom stereocenters. The minimum Gasteiger partial charge on any atom is -0.348 e. The summed E-state index contributed by atoms with van der Waals surface area (Å²) in [7, 11) is 0. The standard InChI is InChI=1S/C19H21N3O2/c1-13(16-7-4-5-11-20-16)21-18(23)10-9-15-12-14-6-2-3-8-17(14)22-19(15)24/h2-8,11,13,15H,9-10,12H2,1H3,(H,21,23)(H,22,24)/t13-,15+/m0/s1. The van der Waals surface area contributed by atoms with Crippen LogP contribution >= 0.6 is 0 Å². The number of pyridine rings is 1. The van der Waals surface area contributed by atoms with Gasteiger partial charge in [0.05, 0.1) is 11.7 Å². The molecule has 0 unspecified atom stereocenters. The summed E-state index contributed by atoms with van der Waals surface area (Å²) in [5, 5.41) is 5.86. The summed E-state index contributed by atoms with van der Waals surface area (Å²) in [6.45, 7) is 1.91. The number of aromatic nitrogens is 1. The lowest BCUT2D eigenvalue weighted by molar-refractivity contribution is -0.123.